The van der Waals surface area contributed by atoms with E-state index in [1.54, 1.807) is 0 Å². The lowest BCUT2D eigenvalue weighted by molar-refractivity contribution is 0.197. The topological polar surface area (TPSA) is 15.3 Å². The molecule has 1 fully saturated rings. The van der Waals surface area contributed by atoms with E-state index in [2.05, 4.69) is 54.4 Å². The van der Waals surface area contributed by atoms with Crippen LogP contribution in [-0.2, 0) is 6.54 Å². The van der Waals surface area contributed by atoms with Crippen LogP contribution in [0, 0.1) is 0 Å². The van der Waals surface area contributed by atoms with Crippen LogP contribution in [0.25, 0.3) is 0 Å². The Morgan fingerprint density at radius 3 is 2.71 bits per heavy atom. The molecule has 17 heavy (non-hydrogen) atoms. The Hall–Kier alpha value is -0.510. The third-order valence-corrected chi connectivity index (χ3v) is 4.22. The summed E-state index contributed by atoms with van der Waals surface area (Å²) in [5, 5.41) is 3.55. The summed E-state index contributed by atoms with van der Waals surface area (Å²) in [5.41, 5.74) is 1.41. The average Bonchev–Trinajstić information content (AvgIpc) is 2.82. The van der Waals surface area contributed by atoms with Gasteiger partial charge >= 0.3 is 0 Å². The first kappa shape index (κ1) is 12.9. The molecule has 1 aromatic rings. The fraction of sp³-hybridized carbons (Fsp3) is 0.571. The van der Waals surface area contributed by atoms with E-state index < -0.39 is 0 Å². The molecule has 2 rings (SSSR count). The Labute approximate surface area is 109 Å². The van der Waals surface area contributed by atoms with Crippen LogP contribution in [0.3, 0.4) is 0 Å². The van der Waals surface area contributed by atoms with E-state index in [1.807, 2.05) is 11.8 Å². The highest BCUT2D eigenvalue weighted by Gasteiger charge is 2.19. The van der Waals surface area contributed by atoms with Crippen molar-refractivity contribution in [1.29, 1.82) is 0 Å². The van der Waals surface area contributed by atoms with Gasteiger partial charge in [-0.15, -0.1) is 11.8 Å². The Kier molecular flexibility index (Phi) is 4.89. The van der Waals surface area contributed by atoms with Crippen molar-refractivity contribution in [3.05, 3.63) is 35.9 Å². The minimum absolute atomic E-state index is 0.600. The second-order valence-electron chi connectivity index (χ2n) is 4.92. The SMILES string of the molecule is CC(C)N(Cc1ccccc1)CC1CSCN1. The van der Waals surface area contributed by atoms with Gasteiger partial charge < -0.3 is 5.32 Å². The van der Waals surface area contributed by atoms with Gasteiger partial charge in [0.2, 0.25) is 0 Å². The third-order valence-electron chi connectivity index (χ3n) is 3.21. The molecule has 1 saturated heterocycles. The molecule has 1 aliphatic rings. The zero-order valence-electron chi connectivity index (χ0n) is 10.7. The molecular formula is C14H22N2S. The Morgan fingerprint density at radius 2 is 2.12 bits per heavy atom. The number of rotatable bonds is 5. The van der Waals surface area contributed by atoms with Crippen molar-refractivity contribution in [2.45, 2.75) is 32.5 Å². The lowest BCUT2D eigenvalue weighted by atomic mass is 10.1. The van der Waals surface area contributed by atoms with Crippen LogP contribution < -0.4 is 5.32 Å². The van der Waals surface area contributed by atoms with Crippen molar-refractivity contribution in [3.63, 3.8) is 0 Å². The Balaban J connectivity index is 1.92. The molecular weight excluding hydrogens is 228 g/mol. The van der Waals surface area contributed by atoms with E-state index in [1.165, 1.54) is 11.3 Å². The molecule has 0 saturated carbocycles. The number of thioether (sulfide) groups is 1. The fourth-order valence-corrected chi connectivity index (χ4v) is 3.09. The number of nitrogens with one attached hydrogen (secondary N) is 1. The summed E-state index contributed by atoms with van der Waals surface area (Å²) in [6.45, 7) is 6.77. The Morgan fingerprint density at radius 1 is 1.35 bits per heavy atom. The molecule has 1 aromatic carbocycles. The predicted molar refractivity (Wildman–Crippen MR) is 76.2 cm³/mol. The maximum atomic E-state index is 3.55. The van der Waals surface area contributed by atoms with Crippen molar-refractivity contribution in [2.75, 3.05) is 18.2 Å². The van der Waals surface area contributed by atoms with Crippen molar-refractivity contribution in [2.24, 2.45) is 0 Å². The first-order valence-electron chi connectivity index (χ1n) is 6.35. The molecule has 1 N–H and O–H groups in total. The molecule has 0 amide bonds. The first-order chi connectivity index (χ1) is 8.25. The van der Waals surface area contributed by atoms with Crippen LogP contribution >= 0.6 is 11.8 Å². The summed E-state index contributed by atoms with van der Waals surface area (Å²) in [5.74, 6) is 2.36. The summed E-state index contributed by atoms with van der Waals surface area (Å²) < 4.78 is 0. The van der Waals surface area contributed by atoms with Gasteiger partial charge in [0.15, 0.2) is 0 Å². The lowest BCUT2D eigenvalue weighted by Gasteiger charge is -2.29. The number of nitrogens with zero attached hydrogens (tertiary/aromatic N) is 1. The van der Waals surface area contributed by atoms with Gasteiger partial charge in [-0.1, -0.05) is 30.3 Å². The van der Waals surface area contributed by atoms with E-state index in [0.29, 0.717) is 12.1 Å². The van der Waals surface area contributed by atoms with Crippen molar-refractivity contribution < 1.29 is 0 Å². The second-order valence-corrected chi connectivity index (χ2v) is 5.96. The van der Waals surface area contributed by atoms with Gasteiger partial charge in [-0.2, -0.15) is 0 Å². The van der Waals surface area contributed by atoms with Gasteiger partial charge in [0, 0.05) is 36.8 Å². The van der Waals surface area contributed by atoms with Crippen LogP contribution in [0.5, 0.6) is 0 Å². The number of hydrogen-bond acceptors (Lipinski definition) is 3. The first-order valence-corrected chi connectivity index (χ1v) is 7.50. The smallest absolute Gasteiger partial charge is 0.0421 e. The highest BCUT2D eigenvalue weighted by Crippen LogP contribution is 2.14. The molecule has 94 valence electrons. The molecule has 0 spiro atoms. The zero-order chi connectivity index (χ0) is 12.1. The van der Waals surface area contributed by atoms with Crippen molar-refractivity contribution in [3.8, 4) is 0 Å². The van der Waals surface area contributed by atoms with Gasteiger partial charge in [0.05, 0.1) is 0 Å². The average molecular weight is 250 g/mol. The lowest BCUT2D eigenvalue weighted by Crippen LogP contribution is -2.41. The minimum atomic E-state index is 0.600. The molecule has 3 heteroatoms. The molecule has 1 atom stereocenters. The molecule has 0 bridgehead atoms. The fourth-order valence-electron chi connectivity index (χ4n) is 2.11. The molecule has 2 nitrogen and oxygen atoms in total. The highest BCUT2D eigenvalue weighted by atomic mass is 32.2. The third kappa shape index (κ3) is 4.02. The van der Waals surface area contributed by atoms with Crippen LogP contribution in [0.2, 0.25) is 0 Å². The highest BCUT2D eigenvalue weighted by molar-refractivity contribution is 7.99. The largest absolute Gasteiger partial charge is 0.303 e. The summed E-state index contributed by atoms with van der Waals surface area (Å²) in [4.78, 5) is 2.55. The summed E-state index contributed by atoms with van der Waals surface area (Å²) in [6, 6.07) is 12.0. The maximum Gasteiger partial charge on any atom is 0.0421 e. The van der Waals surface area contributed by atoms with Gasteiger partial charge in [-0.3, -0.25) is 4.90 Å². The van der Waals surface area contributed by atoms with Crippen molar-refractivity contribution in [1.82, 2.24) is 10.2 Å². The standard InChI is InChI=1S/C14H22N2S/c1-12(2)16(9-14-10-17-11-15-14)8-13-6-4-3-5-7-13/h3-7,12,14-15H,8-11H2,1-2H3. The monoisotopic (exact) mass is 250 g/mol. The number of benzene rings is 1. The van der Waals surface area contributed by atoms with E-state index >= 15 is 0 Å². The van der Waals surface area contributed by atoms with Crippen LogP contribution in [0.15, 0.2) is 30.3 Å². The minimum Gasteiger partial charge on any atom is -0.303 e. The van der Waals surface area contributed by atoms with Gasteiger partial charge in [0.25, 0.3) is 0 Å². The van der Waals surface area contributed by atoms with E-state index in [4.69, 9.17) is 0 Å². The van der Waals surface area contributed by atoms with Crippen LogP contribution in [0.1, 0.15) is 19.4 Å². The van der Waals surface area contributed by atoms with E-state index in [0.717, 1.165) is 19.0 Å². The van der Waals surface area contributed by atoms with Gasteiger partial charge in [-0.05, 0) is 19.4 Å². The number of hydrogen-bond donors (Lipinski definition) is 1. The zero-order valence-corrected chi connectivity index (χ0v) is 11.5. The summed E-state index contributed by atoms with van der Waals surface area (Å²) in [7, 11) is 0. The molecule has 1 unspecified atom stereocenters. The van der Waals surface area contributed by atoms with Crippen molar-refractivity contribution >= 4 is 11.8 Å². The summed E-state index contributed by atoms with van der Waals surface area (Å²) >= 11 is 2.00. The molecule has 1 aliphatic heterocycles. The quantitative estimate of drug-likeness (QED) is 0.864. The van der Waals surface area contributed by atoms with Crippen LogP contribution in [0.4, 0.5) is 0 Å². The van der Waals surface area contributed by atoms with Gasteiger partial charge in [-0.25, -0.2) is 0 Å². The van der Waals surface area contributed by atoms with Crippen LogP contribution in [-0.4, -0.2) is 35.2 Å². The molecule has 0 aliphatic carbocycles. The summed E-state index contributed by atoms with van der Waals surface area (Å²) in [6.07, 6.45) is 0. The predicted octanol–water partition coefficient (Wildman–Crippen LogP) is 2.56. The normalized spacial score (nSPS) is 20.4. The second kappa shape index (κ2) is 6.43. The van der Waals surface area contributed by atoms with Gasteiger partial charge in [0.1, 0.15) is 0 Å². The maximum absolute atomic E-state index is 3.55. The molecule has 0 aromatic heterocycles. The van der Waals surface area contributed by atoms with E-state index in [-0.39, 0.29) is 0 Å². The molecule has 1 heterocycles. The Bertz CT molecular complexity index is 320. The van der Waals surface area contributed by atoms with E-state index in [9.17, 15) is 0 Å². The molecule has 0 radical (unpaired) electrons.